The normalized spacial score (nSPS) is 14.6. The highest BCUT2D eigenvalue weighted by molar-refractivity contribution is 8.00. The fourth-order valence-electron chi connectivity index (χ4n) is 4.97. The fraction of sp³-hybridized carbons (Fsp3) is 0.375. The van der Waals surface area contributed by atoms with Gasteiger partial charge in [-0.2, -0.15) is 0 Å². The van der Waals surface area contributed by atoms with Gasteiger partial charge in [-0.15, -0.1) is 11.8 Å². The van der Waals surface area contributed by atoms with E-state index in [2.05, 4.69) is 55.6 Å². The van der Waals surface area contributed by atoms with E-state index in [-0.39, 0.29) is 23.6 Å². The molecule has 5 heteroatoms. The van der Waals surface area contributed by atoms with Crippen molar-refractivity contribution in [2.45, 2.75) is 75.9 Å². The van der Waals surface area contributed by atoms with Gasteiger partial charge in [-0.1, -0.05) is 97.1 Å². The van der Waals surface area contributed by atoms with Crippen LogP contribution in [0, 0.1) is 13.8 Å². The molecule has 0 heterocycles. The summed E-state index contributed by atoms with van der Waals surface area (Å²) in [5, 5.41) is 3.31. The van der Waals surface area contributed by atoms with Crippen molar-refractivity contribution in [2.24, 2.45) is 0 Å². The average molecular weight is 515 g/mol. The lowest BCUT2D eigenvalue weighted by atomic mass is 9.94. The van der Waals surface area contributed by atoms with Gasteiger partial charge >= 0.3 is 0 Å². The molecule has 0 aliphatic heterocycles. The van der Waals surface area contributed by atoms with E-state index in [1.54, 1.807) is 4.90 Å². The standard InChI is InChI=1S/C32H38N2O2S/c1-24-16-18-29(19-17-24)37-23-31(35)34(22-27-13-9-10-25(2)20-27)30(21-26-11-5-3-6-12-26)32(36)33-28-14-7-4-8-15-28/h3,5-6,9-13,16-20,28,30H,4,7-8,14-15,21-23H2,1-2H3,(H,33,36)/t30-/m1/s1. The molecule has 3 aromatic rings. The monoisotopic (exact) mass is 514 g/mol. The molecule has 4 rings (SSSR count). The molecule has 194 valence electrons. The smallest absolute Gasteiger partial charge is 0.243 e. The Hall–Kier alpha value is -3.05. The Balaban J connectivity index is 1.60. The Morgan fingerprint density at radius 3 is 2.27 bits per heavy atom. The zero-order valence-electron chi connectivity index (χ0n) is 22.0. The third-order valence-corrected chi connectivity index (χ3v) is 8.04. The predicted octanol–water partition coefficient (Wildman–Crippen LogP) is 6.48. The molecule has 37 heavy (non-hydrogen) atoms. The maximum absolute atomic E-state index is 13.8. The lowest BCUT2D eigenvalue weighted by Gasteiger charge is -2.33. The van der Waals surface area contributed by atoms with Crippen LogP contribution < -0.4 is 5.32 Å². The van der Waals surface area contributed by atoms with E-state index >= 15 is 0 Å². The van der Waals surface area contributed by atoms with Crippen molar-refractivity contribution in [3.05, 3.63) is 101 Å². The summed E-state index contributed by atoms with van der Waals surface area (Å²) in [6.07, 6.45) is 6.04. The Morgan fingerprint density at radius 1 is 0.865 bits per heavy atom. The third kappa shape index (κ3) is 8.22. The highest BCUT2D eigenvalue weighted by atomic mass is 32.2. The molecule has 0 bridgehead atoms. The second kappa shape index (κ2) is 13.5. The molecule has 1 aliphatic rings. The molecule has 0 spiro atoms. The van der Waals surface area contributed by atoms with E-state index in [9.17, 15) is 9.59 Å². The van der Waals surface area contributed by atoms with Crippen molar-refractivity contribution in [3.63, 3.8) is 0 Å². The van der Waals surface area contributed by atoms with Crippen molar-refractivity contribution in [3.8, 4) is 0 Å². The molecule has 1 N–H and O–H groups in total. The van der Waals surface area contributed by atoms with E-state index in [0.29, 0.717) is 13.0 Å². The van der Waals surface area contributed by atoms with Crippen LogP contribution in [0.5, 0.6) is 0 Å². The first-order valence-electron chi connectivity index (χ1n) is 13.4. The van der Waals surface area contributed by atoms with Gasteiger partial charge < -0.3 is 10.2 Å². The summed E-state index contributed by atoms with van der Waals surface area (Å²) in [6, 6.07) is 26.1. The number of aryl methyl sites for hydroxylation is 2. The molecule has 0 aromatic heterocycles. The Labute approximate surface area is 225 Å². The number of carbonyl (C=O) groups is 2. The predicted molar refractivity (Wildman–Crippen MR) is 153 cm³/mol. The SMILES string of the molecule is Cc1ccc(SCC(=O)N(Cc2cccc(C)c2)[C@H](Cc2ccccc2)C(=O)NC2CCCCC2)cc1. The number of nitrogens with zero attached hydrogens (tertiary/aromatic N) is 1. The number of hydrogen-bond donors (Lipinski definition) is 1. The quantitative estimate of drug-likeness (QED) is 0.315. The number of nitrogens with one attached hydrogen (secondary N) is 1. The largest absolute Gasteiger partial charge is 0.352 e. The number of amides is 2. The van der Waals surface area contributed by atoms with E-state index in [1.165, 1.54) is 23.7 Å². The molecule has 0 unspecified atom stereocenters. The summed E-state index contributed by atoms with van der Waals surface area (Å²) >= 11 is 1.53. The molecule has 0 saturated heterocycles. The van der Waals surface area contributed by atoms with Gasteiger partial charge in [0.15, 0.2) is 0 Å². The average Bonchev–Trinajstić information content (AvgIpc) is 2.91. The van der Waals surface area contributed by atoms with Crippen molar-refractivity contribution in [1.29, 1.82) is 0 Å². The van der Waals surface area contributed by atoms with E-state index in [1.807, 2.05) is 42.5 Å². The second-order valence-corrected chi connectivity index (χ2v) is 11.2. The van der Waals surface area contributed by atoms with Crippen molar-refractivity contribution < 1.29 is 9.59 Å². The van der Waals surface area contributed by atoms with Crippen LogP contribution in [0.3, 0.4) is 0 Å². The number of hydrogen-bond acceptors (Lipinski definition) is 3. The van der Waals surface area contributed by atoms with Gasteiger partial charge in [0.1, 0.15) is 6.04 Å². The molecule has 4 nitrogen and oxygen atoms in total. The van der Waals surface area contributed by atoms with Gasteiger partial charge in [-0.25, -0.2) is 0 Å². The molecule has 1 atom stereocenters. The summed E-state index contributed by atoms with van der Waals surface area (Å²) in [7, 11) is 0. The molecular formula is C32H38N2O2S. The number of thioether (sulfide) groups is 1. The third-order valence-electron chi connectivity index (χ3n) is 7.04. The van der Waals surface area contributed by atoms with Crippen molar-refractivity contribution in [2.75, 3.05) is 5.75 Å². The van der Waals surface area contributed by atoms with Crippen molar-refractivity contribution >= 4 is 23.6 Å². The van der Waals surface area contributed by atoms with E-state index in [4.69, 9.17) is 0 Å². The fourth-order valence-corrected chi connectivity index (χ4v) is 5.75. The highest BCUT2D eigenvalue weighted by Crippen LogP contribution is 2.23. The number of rotatable bonds is 10. The minimum atomic E-state index is -0.573. The minimum Gasteiger partial charge on any atom is -0.352 e. The summed E-state index contributed by atoms with van der Waals surface area (Å²) in [4.78, 5) is 30.5. The second-order valence-electron chi connectivity index (χ2n) is 10.2. The van der Waals surface area contributed by atoms with Crippen LogP contribution in [-0.2, 0) is 22.6 Å². The van der Waals surface area contributed by atoms with Crippen LogP contribution in [0.25, 0.3) is 0 Å². The van der Waals surface area contributed by atoms with Crippen molar-refractivity contribution in [1.82, 2.24) is 10.2 Å². The summed E-state index contributed by atoms with van der Waals surface area (Å²) in [5.41, 5.74) is 4.43. The Bertz CT molecular complexity index is 1160. The van der Waals surface area contributed by atoms with Gasteiger partial charge in [0.25, 0.3) is 0 Å². The lowest BCUT2D eigenvalue weighted by Crippen LogP contribution is -2.53. The Kier molecular flexibility index (Phi) is 9.84. The van der Waals surface area contributed by atoms with Gasteiger partial charge in [0, 0.05) is 23.9 Å². The first-order chi connectivity index (χ1) is 18.0. The molecule has 1 fully saturated rings. The maximum atomic E-state index is 13.8. The van der Waals surface area contributed by atoms with Gasteiger partial charge in [0.05, 0.1) is 5.75 Å². The molecule has 0 radical (unpaired) electrons. The Morgan fingerprint density at radius 2 is 1.57 bits per heavy atom. The first-order valence-corrected chi connectivity index (χ1v) is 14.4. The molecule has 1 saturated carbocycles. The zero-order valence-corrected chi connectivity index (χ0v) is 22.8. The topological polar surface area (TPSA) is 49.4 Å². The molecule has 1 aliphatic carbocycles. The van der Waals surface area contributed by atoms with Crippen LogP contribution in [0.4, 0.5) is 0 Å². The lowest BCUT2D eigenvalue weighted by molar-refractivity contribution is -0.139. The summed E-state index contributed by atoms with van der Waals surface area (Å²) in [5.74, 6) is 0.223. The van der Waals surface area contributed by atoms with Crippen LogP contribution >= 0.6 is 11.8 Å². The molecule has 2 amide bonds. The van der Waals surface area contributed by atoms with Gasteiger partial charge in [0.2, 0.25) is 11.8 Å². The number of benzene rings is 3. The van der Waals surface area contributed by atoms with Gasteiger partial charge in [-0.3, -0.25) is 9.59 Å². The van der Waals surface area contributed by atoms with Crippen LogP contribution in [0.15, 0.2) is 83.8 Å². The molecule has 3 aromatic carbocycles. The van der Waals surface area contributed by atoms with E-state index in [0.717, 1.165) is 47.3 Å². The van der Waals surface area contributed by atoms with E-state index < -0.39 is 6.04 Å². The summed E-state index contributed by atoms with van der Waals surface area (Å²) in [6.45, 7) is 4.52. The molecular weight excluding hydrogens is 476 g/mol. The van der Waals surface area contributed by atoms with Crippen LogP contribution in [0.1, 0.15) is 54.4 Å². The zero-order chi connectivity index (χ0) is 26.0. The number of carbonyl (C=O) groups excluding carboxylic acids is 2. The van der Waals surface area contributed by atoms with Crippen LogP contribution in [0.2, 0.25) is 0 Å². The highest BCUT2D eigenvalue weighted by Gasteiger charge is 2.32. The minimum absolute atomic E-state index is 0.0215. The first kappa shape index (κ1) is 27.0. The summed E-state index contributed by atoms with van der Waals surface area (Å²) < 4.78 is 0. The van der Waals surface area contributed by atoms with Gasteiger partial charge in [-0.05, 0) is 49.9 Å². The van der Waals surface area contributed by atoms with Crippen LogP contribution in [-0.4, -0.2) is 34.6 Å². The maximum Gasteiger partial charge on any atom is 0.243 e.